The first-order valence-electron chi connectivity index (χ1n) is 4.88. The molecular weight excluding hydrogens is 206 g/mol. The summed E-state index contributed by atoms with van der Waals surface area (Å²) in [6.45, 7) is 0. The Balaban J connectivity index is 2.77. The number of benzene rings is 1. The molecule has 0 aliphatic heterocycles. The molecule has 0 aliphatic carbocycles. The summed E-state index contributed by atoms with van der Waals surface area (Å²) in [5.41, 5.74) is 1.89. The van der Waals surface area contributed by atoms with Crippen molar-refractivity contribution in [3.05, 3.63) is 35.5 Å². The number of aryl methyl sites for hydroxylation is 1. The van der Waals surface area contributed by atoms with Crippen molar-refractivity contribution in [2.45, 2.75) is 6.42 Å². The Morgan fingerprint density at radius 1 is 1.44 bits per heavy atom. The molecule has 0 unspecified atom stereocenters. The van der Waals surface area contributed by atoms with Gasteiger partial charge in [0.1, 0.15) is 0 Å². The molecule has 0 radical (unpaired) electrons. The van der Waals surface area contributed by atoms with Gasteiger partial charge in [-0.1, -0.05) is 18.2 Å². The molecule has 0 aliphatic rings. The van der Waals surface area contributed by atoms with E-state index in [1.807, 2.05) is 24.3 Å². The molecule has 2 rings (SSSR count). The molecule has 0 spiro atoms. The fourth-order valence-corrected chi connectivity index (χ4v) is 1.98. The number of aldehydes is 1. The van der Waals surface area contributed by atoms with Crippen LogP contribution in [0.1, 0.15) is 16.1 Å². The average Bonchev–Trinajstić information content (AvgIpc) is 2.52. The van der Waals surface area contributed by atoms with Gasteiger partial charge in [-0.3, -0.25) is 9.59 Å². The smallest absolute Gasteiger partial charge is 0.307 e. The molecule has 16 heavy (non-hydrogen) atoms. The number of carbonyl (C=O) groups excluding carboxylic acids is 1. The molecule has 0 saturated heterocycles. The van der Waals surface area contributed by atoms with Crippen LogP contribution in [-0.2, 0) is 18.3 Å². The van der Waals surface area contributed by atoms with E-state index in [9.17, 15) is 9.59 Å². The zero-order valence-corrected chi connectivity index (χ0v) is 8.80. The number of carboxylic acid groups (broad SMARTS) is 1. The maximum Gasteiger partial charge on any atom is 0.307 e. The van der Waals surface area contributed by atoms with Crippen LogP contribution >= 0.6 is 0 Å². The van der Waals surface area contributed by atoms with Crippen molar-refractivity contribution in [3.8, 4) is 0 Å². The van der Waals surface area contributed by atoms with E-state index in [2.05, 4.69) is 0 Å². The summed E-state index contributed by atoms with van der Waals surface area (Å²) in [6.07, 6.45) is 0.577. The second-order valence-corrected chi connectivity index (χ2v) is 3.63. The number of nitrogens with zero attached hydrogens (tertiary/aromatic N) is 1. The first kappa shape index (κ1) is 10.4. The van der Waals surface area contributed by atoms with E-state index in [1.165, 1.54) is 0 Å². The van der Waals surface area contributed by atoms with Crippen molar-refractivity contribution >= 4 is 23.2 Å². The van der Waals surface area contributed by atoms with Crippen LogP contribution < -0.4 is 0 Å². The molecule has 4 nitrogen and oxygen atoms in total. The average molecular weight is 217 g/mol. The number of hydrogen-bond donors (Lipinski definition) is 1. The molecule has 0 fully saturated rings. The van der Waals surface area contributed by atoms with Crippen LogP contribution in [0.25, 0.3) is 10.9 Å². The predicted octanol–water partition coefficient (Wildman–Crippen LogP) is 1.62. The number of hydrogen-bond acceptors (Lipinski definition) is 2. The second kappa shape index (κ2) is 3.81. The third-order valence-corrected chi connectivity index (χ3v) is 2.70. The number of aromatic nitrogens is 1. The lowest BCUT2D eigenvalue weighted by Crippen LogP contribution is -2.04. The van der Waals surface area contributed by atoms with Crippen molar-refractivity contribution < 1.29 is 14.7 Å². The van der Waals surface area contributed by atoms with Gasteiger partial charge >= 0.3 is 5.97 Å². The molecule has 1 aromatic heterocycles. The van der Waals surface area contributed by atoms with Crippen LogP contribution in [0, 0.1) is 0 Å². The molecule has 0 atom stereocenters. The molecule has 0 saturated carbocycles. The van der Waals surface area contributed by atoms with Crippen LogP contribution in [-0.4, -0.2) is 21.9 Å². The Bertz CT molecular complexity index is 569. The van der Waals surface area contributed by atoms with Gasteiger partial charge < -0.3 is 9.67 Å². The lowest BCUT2D eigenvalue weighted by atomic mass is 10.1. The number of aliphatic carboxylic acids is 1. The second-order valence-electron chi connectivity index (χ2n) is 3.63. The Hall–Kier alpha value is -2.10. The van der Waals surface area contributed by atoms with E-state index >= 15 is 0 Å². The minimum atomic E-state index is -0.931. The highest BCUT2D eigenvalue weighted by Gasteiger charge is 2.16. The molecule has 0 amide bonds. The van der Waals surface area contributed by atoms with Gasteiger partial charge in [-0.25, -0.2) is 0 Å². The van der Waals surface area contributed by atoms with Crippen molar-refractivity contribution in [2.75, 3.05) is 0 Å². The van der Waals surface area contributed by atoms with Crippen LogP contribution in [0.2, 0.25) is 0 Å². The predicted molar refractivity (Wildman–Crippen MR) is 59.6 cm³/mol. The van der Waals surface area contributed by atoms with Gasteiger partial charge in [0.05, 0.1) is 12.1 Å². The fraction of sp³-hybridized carbons (Fsp3) is 0.167. The minimum absolute atomic E-state index is 0.130. The van der Waals surface area contributed by atoms with Gasteiger partial charge in [-0.15, -0.1) is 0 Å². The van der Waals surface area contributed by atoms with Gasteiger partial charge in [-0.05, 0) is 11.6 Å². The van der Waals surface area contributed by atoms with Crippen molar-refractivity contribution in [1.82, 2.24) is 4.57 Å². The van der Waals surface area contributed by atoms with E-state index in [0.29, 0.717) is 17.5 Å². The normalized spacial score (nSPS) is 10.6. The lowest BCUT2D eigenvalue weighted by Gasteiger charge is -1.97. The Morgan fingerprint density at radius 3 is 2.75 bits per heavy atom. The third-order valence-electron chi connectivity index (χ3n) is 2.70. The van der Waals surface area contributed by atoms with Crippen LogP contribution in [0.3, 0.4) is 0 Å². The summed E-state index contributed by atoms with van der Waals surface area (Å²) < 4.78 is 1.72. The van der Waals surface area contributed by atoms with Gasteiger partial charge in [-0.2, -0.15) is 0 Å². The van der Waals surface area contributed by atoms with Crippen LogP contribution in [0.5, 0.6) is 0 Å². The maximum atomic E-state index is 11.0. The zero-order chi connectivity index (χ0) is 11.7. The first-order valence-corrected chi connectivity index (χ1v) is 4.88. The zero-order valence-electron chi connectivity index (χ0n) is 8.80. The summed E-state index contributed by atoms with van der Waals surface area (Å²) in [5, 5.41) is 9.66. The number of carboxylic acids is 1. The summed E-state index contributed by atoms with van der Waals surface area (Å²) in [5.74, 6) is -0.931. The summed E-state index contributed by atoms with van der Waals surface area (Å²) in [6, 6.07) is 7.40. The molecule has 0 bridgehead atoms. The molecular formula is C12H11NO3. The summed E-state index contributed by atoms with van der Waals surface area (Å²) in [7, 11) is 1.76. The van der Waals surface area contributed by atoms with Crippen molar-refractivity contribution in [2.24, 2.45) is 7.05 Å². The maximum absolute atomic E-state index is 11.0. The Morgan fingerprint density at radius 2 is 2.12 bits per heavy atom. The van der Waals surface area contributed by atoms with Gasteiger partial charge in [0.15, 0.2) is 6.29 Å². The van der Waals surface area contributed by atoms with Gasteiger partial charge in [0, 0.05) is 18.0 Å². The number of para-hydroxylation sites is 1. The molecule has 82 valence electrons. The molecule has 1 heterocycles. The largest absolute Gasteiger partial charge is 0.481 e. The number of carbonyl (C=O) groups is 2. The number of rotatable bonds is 3. The van der Waals surface area contributed by atoms with E-state index in [4.69, 9.17) is 5.11 Å². The van der Waals surface area contributed by atoms with E-state index in [1.54, 1.807) is 11.6 Å². The highest BCUT2D eigenvalue weighted by Crippen LogP contribution is 2.24. The van der Waals surface area contributed by atoms with Crippen LogP contribution in [0.15, 0.2) is 24.3 Å². The Kier molecular flexibility index (Phi) is 2.48. The quantitative estimate of drug-likeness (QED) is 0.795. The van der Waals surface area contributed by atoms with E-state index in [0.717, 1.165) is 10.9 Å². The molecule has 1 N–H and O–H groups in total. The van der Waals surface area contributed by atoms with E-state index < -0.39 is 5.97 Å². The minimum Gasteiger partial charge on any atom is -0.481 e. The van der Waals surface area contributed by atoms with Gasteiger partial charge in [0.2, 0.25) is 0 Å². The molecule has 1 aromatic carbocycles. The standard InChI is InChI=1S/C12H11NO3/c1-13-10-5-3-2-4-8(10)9(6-12(15)16)11(13)7-14/h2-5,7H,6H2,1H3,(H,15,16). The van der Waals surface area contributed by atoms with Gasteiger partial charge in [0.25, 0.3) is 0 Å². The lowest BCUT2D eigenvalue weighted by molar-refractivity contribution is -0.136. The fourth-order valence-electron chi connectivity index (χ4n) is 1.98. The first-order chi connectivity index (χ1) is 7.65. The number of fused-ring (bicyclic) bond motifs is 1. The monoisotopic (exact) mass is 217 g/mol. The third kappa shape index (κ3) is 1.48. The van der Waals surface area contributed by atoms with Crippen molar-refractivity contribution in [3.63, 3.8) is 0 Å². The summed E-state index contributed by atoms with van der Waals surface area (Å²) >= 11 is 0. The Labute approximate surface area is 92.1 Å². The molecule has 2 aromatic rings. The summed E-state index contributed by atoms with van der Waals surface area (Å²) in [4.78, 5) is 21.8. The topological polar surface area (TPSA) is 59.3 Å². The van der Waals surface area contributed by atoms with Crippen molar-refractivity contribution in [1.29, 1.82) is 0 Å². The highest BCUT2D eigenvalue weighted by atomic mass is 16.4. The highest BCUT2D eigenvalue weighted by molar-refractivity contribution is 5.95. The van der Waals surface area contributed by atoms with E-state index in [-0.39, 0.29) is 6.42 Å². The van der Waals surface area contributed by atoms with Crippen LogP contribution in [0.4, 0.5) is 0 Å². The molecule has 4 heteroatoms. The SMILES string of the molecule is Cn1c(C=O)c(CC(=O)O)c2ccccc21.